The second kappa shape index (κ2) is 11.7. The van der Waals surface area contributed by atoms with Crippen molar-refractivity contribution in [2.45, 2.75) is 88.5 Å². The molecule has 0 spiro atoms. The van der Waals surface area contributed by atoms with Crippen LogP contribution in [0.15, 0.2) is 0 Å². The summed E-state index contributed by atoms with van der Waals surface area (Å²) in [6.45, 7) is 0.0765. The summed E-state index contributed by atoms with van der Waals surface area (Å²) < 4.78 is 105. The average Bonchev–Trinajstić information content (AvgIpc) is 2.66. The summed E-state index contributed by atoms with van der Waals surface area (Å²) in [6.07, 6.45) is -13.4. The van der Waals surface area contributed by atoms with Crippen molar-refractivity contribution in [2.24, 2.45) is 0 Å². The molecule has 0 saturated carbocycles. The summed E-state index contributed by atoms with van der Waals surface area (Å²) in [7, 11) is 0. The van der Waals surface area contributed by atoms with Gasteiger partial charge in [-0.3, -0.25) is 0 Å². The highest BCUT2D eigenvalue weighted by molar-refractivity contribution is 4.75. The quantitative estimate of drug-likeness (QED) is 0.462. The highest BCUT2D eigenvalue weighted by atomic mass is 19.4. The highest BCUT2D eigenvalue weighted by Crippen LogP contribution is 2.33. The van der Waals surface area contributed by atoms with E-state index in [9.17, 15) is 26.3 Å². The monoisotopic (exact) mass is 438 g/mol. The Morgan fingerprint density at radius 1 is 0.690 bits per heavy atom. The van der Waals surface area contributed by atoms with Gasteiger partial charge in [0.15, 0.2) is 24.8 Å². The summed E-state index contributed by atoms with van der Waals surface area (Å²) in [4.78, 5) is 0. The first-order chi connectivity index (χ1) is 13.7. The molecule has 0 aromatic carbocycles. The van der Waals surface area contributed by atoms with Gasteiger partial charge in [-0.15, -0.1) is 0 Å². The molecule has 4 atom stereocenters. The van der Waals surface area contributed by atoms with Crippen LogP contribution < -0.4 is 0 Å². The Hall–Kier alpha value is -0.620. The maximum absolute atomic E-state index is 13.2. The van der Waals surface area contributed by atoms with Gasteiger partial charge >= 0.3 is 12.4 Å². The van der Waals surface area contributed by atoms with E-state index in [4.69, 9.17) is 18.9 Å². The van der Waals surface area contributed by atoms with Crippen molar-refractivity contribution in [1.29, 1.82) is 0 Å². The van der Waals surface area contributed by atoms with Crippen LogP contribution in [0.4, 0.5) is 26.3 Å². The van der Waals surface area contributed by atoms with Crippen LogP contribution in [0, 0.1) is 0 Å². The minimum Gasteiger partial charge on any atom is -0.356 e. The number of rotatable bonds is 10. The van der Waals surface area contributed by atoms with Gasteiger partial charge in [-0.1, -0.05) is 0 Å². The molecule has 2 heterocycles. The zero-order valence-corrected chi connectivity index (χ0v) is 16.1. The third kappa shape index (κ3) is 9.37. The SMILES string of the molecule is FC(F)(F)C(CCOC1CCCCO1)OC(CCOC1CCCCO1)C(F)(F)F. The molecular formula is C18H28F6O5. The molecular weight excluding hydrogens is 410 g/mol. The van der Waals surface area contributed by atoms with E-state index in [-0.39, 0.29) is 0 Å². The fourth-order valence-electron chi connectivity index (χ4n) is 3.11. The van der Waals surface area contributed by atoms with E-state index in [1.165, 1.54) is 0 Å². The molecule has 0 amide bonds. The van der Waals surface area contributed by atoms with Crippen molar-refractivity contribution in [3.05, 3.63) is 0 Å². The molecule has 0 aromatic heterocycles. The van der Waals surface area contributed by atoms with Gasteiger partial charge < -0.3 is 23.7 Å². The first-order valence-electron chi connectivity index (χ1n) is 9.91. The van der Waals surface area contributed by atoms with Crippen molar-refractivity contribution >= 4 is 0 Å². The van der Waals surface area contributed by atoms with Crippen molar-refractivity contribution in [3.8, 4) is 0 Å². The van der Waals surface area contributed by atoms with Crippen molar-refractivity contribution in [2.75, 3.05) is 26.4 Å². The lowest BCUT2D eigenvalue weighted by atomic mass is 10.2. The van der Waals surface area contributed by atoms with E-state index in [2.05, 4.69) is 4.74 Å². The smallest absolute Gasteiger partial charge is 0.356 e. The summed E-state index contributed by atoms with van der Waals surface area (Å²) >= 11 is 0. The largest absolute Gasteiger partial charge is 0.414 e. The van der Waals surface area contributed by atoms with Crippen molar-refractivity contribution in [1.82, 2.24) is 0 Å². The molecule has 2 rings (SSSR count). The van der Waals surface area contributed by atoms with E-state index < -0.39 is 63.2 Å². The van der Waals surface area contributed by atoms with Gasteiger partial charge in [0.25, 0.3) is 0 Å². The average molecular weight is 438 g/mol. The molecule has 2 saturated heterocycles. The maximum atomic E-state index is 13.2. The molecule has 0 aromatic rings. The molecule has 0 N–H and O–H groups in total. The fraction of sp³-hybridized carbons (Fsp3) is 1.00. The number of hydrogen-bond donors (Lipinski definition) is 0. The van der Waals surface area contributed by atoms with Crippen LogP contribution in [-0.4, -0.2) is 63.6 Å². The molecule has 2 fully saturated rings. The lowest BCUT2D eigenvalue weighted by Crippen LogP contribution is -2.43. The first-order valence-corrected chi connectivity index (χ1v) is 9.91. The van der Waals surface area contributed by atoms with Crippen LogP contribution in [0.3, 0.4) is 0 Å². The number of hydrogen-bond acceptors (Lipinski definition) is 5. The Morgan fingerprint density at radius 3 is 1.41 bits per heavy atom. The minimum atomic E-state index is -4.95. The summed E-state index contributed by atoms with van der Waals surface area (Å²) in [5.74, 6) is 0. The molecule has 0 aliphatic carbocycles. The Labute approximate surface area is 165 Å². The normalized spacial score (nSPS) is 26.3. The minimum absolute atomic E-state index is 0.411. The second-order valence-corrected chi connectivity index (χ2v) is 7.11. The summed E-state index contributed by atoms with van der Waals surface area (Å²) in [5, 5.41) is 0. The molecule has 11 heteroatoms. The molecule has 2 aliphatic heterocycles. The Bertz CT molecular complexity index is 407. The van der Waals surface area contributed by atoms with E-state index in [1.54, 1.807) is 0 Å². The van der Waals surface area contributed by atoms with Gasteiger partial charge in [0.1, 0.15) is 0 Å². The van der Waals surface area contributed by atoms with Crippen molar-refractivity contribution < 1.29 is 50.0 Å². The van der Waals surface area contributed by atoms with Crippen LogP contribution in [0.5, 0.6) is 0 Å². The summed E-state index contributed by atoms with van der Waals surface area (Å²) in [6, 6.07) is 0. The lowest BCUT2D eigenvalue weighted by molar-refractivity contribution is -0.294. The van der Waals surface area contributed by atoms with Gasteiger partial charge in [-0.05, 0) is 38.5 Å². The van der Waals surface area contributed by atoms with Crippen LogP contribution >= 0.6 is 0 Å². The van der Waals surface area contributed by atoms with E-state index >= 15 is 0 Å². The zero-order chi connectivity index (χ0) is 21.3. The van der Waals surface area contributed by atoms with Crippen LogP contribution in [-0.2, 0) is 23.7 Å². The van der Waals surface area contributed by atoms with Gasteiger partial charge in [0.05, 0.1) is 13.2 Å². The van der Waals surface area contributed by atoms with E-state index in [1.807, 2.05) is 0 Å². The number of halogens is 6. The van der Waals surface area contributed by atoms with E-state index in [0.717, 1.165) is 25.7 Å². The number of ether oxygens (including phenoxy) is 5. The molecule has 4 unspecified atom stereocenters. The summed E-state index contributed by atoms with van der Waals surface area (Å²) in [5.41, 5.74) is 0. The molecule has 2 aliphatic rings. The Balaban J connectivity index is 1.83. The maximum Gasteiger partial charge on any atom is 0.414 e. The standard InChI is InChI=1S/C18H28F6O5/c19-17(20,21)13(7-11-27-15-5-1-3-9-25-15)29-14(18(22,23)24)8-12-28-16-6-2-4-10-26-16/h13-16H,1-12H2. The van der Waals surface area contributed by atoms with Crippen LogP contribution in [0.2, 0.25) is 0 Å². The Morgan fingerprint density at radius 2 is 1.10 bits per heavy atom. The molecule has 29 heavy (non-hydrogen) atoms. The van der Waals surface area contributed by atoms with Gasteiger partial charge in [0.2, 0.25) is 0 Å². The molecule has 0 bridgehead atoms. The lowest BCUT2D eigenvalue weighted by Gasteiger charge is -2.29. The van der Waals surface area contributed by atoms with Gasteiger partial charge in [-0.25, -0.2) is 0 Å². The second-order valence-electron chi connectivity index (χ2n) is 7.11. The third-order valence-corrected chi connectivity index (χ3v) is 4.70. The zero-order valence-electron chi connectivity index (χ0n) is 16.1. The third-order valence-electron chi connectivity index (χ3n) is 4.70. The molecule has 0 radical (unpaired) electrons. The van der Waals surface area contributed by atoms with Gasteiger partial charge in [-0.2, -0.15) is 26.3 Å². The van der Waals surface area contributed by atoms with Crippen LogP contribution in [0.1, 0.15) is 51.4 Å². The van der Waals surface area contributed by atoms with Crippen LogP contribution in [0.25, 0.3) is 0 Å². The van der Waals surface area contributed by atoms with Gasteiger partial charge in [0, 0.05) is 26.1 Å². The predicted molar refractivity (Wildman–Crippen MR) is 89.1 cm³/mol. The molecule has 5 nitrogen and oxygen atoms in total. The predicted octanol–water partition coefficient (Wildman–Crippen LogP) is 4.73. The fourth-order valence-corrected chi connectivity index (χ4v) is 3.11. The number of alkyl halides is 6. The van der Waals surface area contributed by atoms with E-state index in [0.29, 0.717) is 26.1 Å². The molecule has 172 valence electrons. The topological polar surface area (TPSA) is 46.2 Å². The first kappa shape index (κ1) is 24.6. The van der Waals surface area contributed by atoms with Crippen molar-refractivity contribution in [3.63, 3.8) is 0 Å². The highest BCUT2D eigenvalue weighted by Gasteiger charge is 2.48. The Kier molecular flexibility index (Phi) is 9.93.